The van der Waals surface area contributed by atoms with Gasteiger partial charge in [0.25, 0.3) is 0 Å². The highest BCUT2D eigenvalue weighted by Gasteiger charge is 2.52. The van der Waals surface area contributed by atoms with Crippen molar-refractivity contribution in [1.29, 1.82) is 0 Å². The maximum absolute atomic E-state index is 12.8. The normalized spacial score (nSPS) is 29.1. The molecule has 0 unspecified atom stereocenters. The van der Waals surface area contributed by atoms with Crippen molar-refractivity contribution < 1.29 is 14.7 Å². The number of hydrogen-bond acceptors (Lipinski definition) is 3. The van der Waals surface area contributed by atoms with Gasteiger partial charge in [0, 0.05) is 6.42 Å². The number of amides is 2. The van der Waals surface area contributed by atoms with Crippen molar-refractivity contribution in [1.82, 2.24) is 4.90 Å². The second kappa shape index (κ2) is 5.14. The molecule has 3 fully saturated rings. The van der Waals surface area contributed by atoms with E-state index < -0.39 is 11.0 Å². The first-order valence-electron chi connectivity index (χ1n) is 8.12. The van der Waals surface area contributed by atoms with Crippen LogP contribution in [0.1, 0.15) is 70.6 Å². The molecule has 1 heterocycles. The fraction of sp³-hybridized carbons (Fsp3) is 0.875. The predicted octanol–water partition coefficient (Wildman–Crippen LogP) is 2.39. The molecule has 1 aliphatic heterocycles. The van der Waals surface area contributed by atoms with E-state index in [1.165, 1.54) is 17.7 Å². The van der Waals surface area contributed by atoms with Gasteiger partial charge in [0.15, 0.2) is 0 Å². The average molecular weight is 279 g/mol. The molecule has 1 saturated heterocycles. The molecule has 1 N–H and O–H groups in total. The molecule has 0 bridgehead atoms. The Balaban J connectivity index is 1.76. The van der Waals surface area contributed by atoms with Gasteiger partial charge >= 0.3 is 0 Å². The summed E-state index contributed by atoms with van der Waals surface area (Å²) in [4.78, 5) is 26.4. The highest BCUT2D eigenvalue weighted by molar-refractivity contribution is 6.06. The number of likely N-dealkylation sites (tertiary alicyclic amines) is 1. The molecule has 112 valence electrons. The molecular formula is C16H25NO3. The lowest BCUT2D eigenvalue weighted by Gasteiger charge is -2.29. The molecule has 2 saturated carbocycles. The Morgan fingerprint density at radius 1 is 0.900 bits per heavy atom. The molecule has 2 aliphatic carbocycles. The molecule has 0 atom stereocenters. The van der Waals surface area contributed by atoms with Crippen LogP contribution in [-0.4, -0.2) is 34.0 Å². The van der Waals surface area contributed by atoms with Gasteiger partial charge in [-0.3, -0.25) is 14.5 Å². The third kappa shape index (κ3) is 2.39. The van der Waals surface area contributed by atoms with Crippen LogP contribution in [0.5, 0.6) is 0 Å². The summed E-state index contributed by atoms with van der Waals surface area (Å²) in [6.07, 6.45) is 9.97. The van der Waals surface area contributed by atoms with E-state index in [0.29, 0.717) is 6.42 Å². The molecule has 3 aliphatic rings. The van der Waals surface area contributed by atoms with Crippen LogP contribution >= 0.6 is 0 Å². The molecule has 3 rings (SSSR count). The van der Waals surface area contributed by atoms with Crippen molar-refractivity contribution in [2.45, 2.75) is 76.2 Å². The topological polar surface area (TPSA) is 57.6 Å². The minimum absolute atomic E-state index is 0.00438. The quantitative estimate of drug-likeness (QED) is 0.790. The Hall–Kier alpha value is -0.900. The van der Waals surface area contributed by atoms with Crippen LogP contribution in [0.25, 0.3) is 0 Å². The van der Waals surface area contributed by atoms with E-state index in [9.17, 15) is 14.7 Å². The SMILES string of the molecule is O=C1CC2(CCCCCC2)C(=O)N1CC1(O)CCCC1. The molecular weight excluding hydrogens is 254 g/mol. The molecule has 4 nitrogen and oxygen atoms in total. The second-order valence-corrected chi connectivity index (χ2v) is 7.09. The van der Waals surface area contributed by atoms with Crippen molar-refractivity contribution in [3.05, 3.63) is 0 Å². The van der Waals surface area contributed by atoms with Crippen LogP contribution in [0.3, 0.4) is 0 Å². The first-order chi connectivity index (χ1) is 9.55. The Labute approximate surface area is 120 Å². The summed E-state index contributed by atoms with van der Waals surface area (Å²) in [7, 11) is 0. The molecule has 0 aromatic carbocycles. The number of carbonyl (C=O) groups is 2. The van der Waals surface area contributed by atoms with Gasteiger partial charge in [-0.2, -0.15) is 0 Å². The predicted molar refractivity (Wildman–Crippen MR) is 74.9 cm³/mol. The summed E-state index contributed by atoms with van der Waals surface area (Å²) in [5.74, 6) is -0.0537. The monoisotopic (exact) mass is 279 g/mol. The molecule has 0 aromatic rings. The maximum atomic E-state index is 12.8. The Bertz CT molecular complexity index is 404. The summed E-state index contributed by atoms with van der Waals surface area (Å²) < 4.78 is 0. The summed E-state index contributed by atoms with van der Waals surface area (Å²) in [6, 6.07) is 0. The first-order valence-corrected chi connectivity index (χ1v) is 8.12. The summed E-state index contributed by atoms with van der Waals surface area (Å²) in [6.45, 7) is 0.229. The zero-order valence-electron chi connectivity index (χ0n) is 12.2. The van der Waals surface area contributed by atoms with E-state index in [1.807, 2.05) is 0 Å². The van der Waals surface area contributed by atoms with Crippen molar-refractivity contribution in [3.63, 3.8) is 0 Å². The van der Waals surface area contributed by atoms with Gasteiger partial charge in [-0.25, -0.2) is 0 Å². The fourth-order valence-corrected chi connectivity index (χ4v) is 4.30. The van der Waals surface area contributed by atoms with Gasteiger partial charge in [0.05, 0.1) is 17.6 Å². The standard InChI is InChI=1S/C16H25NO3/c18-13-11-15(7-3-1-2-4-8-15)14(19)17(13)12-16(20)9-5-6-10-16/h20H,1-12H2. The van der Waals surface area contributed by atoms with E-state index in [2.05, 4.69) is 0 Å². The number of nitrogens with zero attached hydrogens (tertiary/aromatic N) is 1. The van der Waals surface area contributed by atoms with E-state index in [-0.39, 0.29) is 18.4 Å². The fourth-order valence-electron chi connectivity index (χ4n) is 4.30. The van der Waals surface area contributed by atoms with Crippen molar-refractivity contribution >= 4 is 11.8 Å². The van der Waals surface area contributed by atoms with Crippen LogP contribution in [0.4, 0.5) is 0 Å². The van der Waals surface area contributed by atoms with Crippen molar-refractivity contribution in [3.8, 4) is 0 Å². The number of aliphatic hydroxyl groups is 1. The highest BCUT2D eigenvalue weighted by atomic mass is 16.3. The van der Waals surface area contributed by atoms with Crippen LogP contribution in [0.15, 0.2) is 0 Å². The molecule has 0 aromatic heterocycles. The highest BCUT2D eigenvalue weighted by Crippen LogP contribution is 2.45. The third-order valence-corrected chi connectivity index (χ3v) is 5.54. The number of rotatable bonds is 2. The van der Waals surface area contributed by atoms with Gasteiger partial charge in [0.2, 0.25) is 11.8 Å². The Kier molecular flexibility index (Phi) is 3.61. The molecule has 4 heteroatoms. The summed E-state index contributed by atoms with van der Waals surface area (Å²) in [5, 5.41) is 10.5. The Morgan fingerprint density at radius 3 is 2.05 bits per heavy atom. The van der Waals surface area contributed by atoms with E-state index in [1.54, 1.807) is 0 Å². The second-order valence-electron chi connectivity index (χ2n) is 7.09. The van der Waals surface area contributed by atoms with Gasteiger partial charge in [0.1, 0.15) is 0 Å². The molecule has 20 heavy (non-hydrogen) atoms. The minimum atomic E-state index is -0.818. The number of carbonyl (C=O) groups excluding carboxylic acids is 2. The lowest BCUT2D eigenvalue weighted by molar-refractivity contribution is -0.145. The van der Waals surface area contributed by atoms with E-state index in [0.717, 1.165) is 51.4 Å². The molecule has 0 radical (unpaired) electrons. The molecule has 1 spiro atoms. The number of imide groups is 1. The average Bonchev–Trinajstić information content (AvgIpc) is 2.81. The van der Waals surface area contributed by atoms with Crippen LogP contribution in [-0.2, 0) is 9.59 Å². The largest absolute Gasteiger partial charge is 0.388 e. The Morgan fingerprint density at radius 2 is 1.45 bits per heavy atom. The van der Waals surface area contributed by atoms with Crippen molar-refractivity contribution in [2.24, 2.45) is 5.41 Å². The smallest absolute Gasteiger partial charge is 0.236 e. The van der Waals surface area contributed by atoms with Crippen LogP contribution < -0.4 is 0 Å². The summed E-state index contributed by atoms with van der Waals surface area (Å²) >= 11 is 0. The lowest BCUT2D eigenvalue weighted by atomic mass is 9.79. The number of hydrogen-bond donors (Lipinski definition) is 1. The van der Waals surface area contributed by atoms with Gasteiger partial charge in [-0.1, -0.05) is 38.5 Å². The maximum Gasteiger partial charge on any atom is 0.236 e. The van der Waals surface area contributed by atoms with Gasteiger partial charge in [-0.05, 0) is 25.7 Å². The zero-order chi connectivity index (χ0) is 14.2. The lowest BCUT2D eigenvalue weighted by Crippen LogP contribution is -2.45. The molecule has 2 amide bonds. The van der Waals surface area contributed by atoms with Crippen molar-refractivity contribution in [2.75, 3.05) is 6.54 Å². The van der Waals surface area contributed by atoms with Crippen LogP contribution in [0, 0.1) is 5.41 Å². The van der Waals surface area contributed by atoms with Gasteiger partial charge in [-0.15, -0.1) is 0 Å². The third-order valence-electron chi connectivity index (χ3n) is 5.54. The first kappa shape index (κ1) is 14.1. The van der Waals surface area contributed by atoms with Crippen LogP contribution in [0.2, 0.25) is 0 Å². The van der Waals surface area contributed by atoms with E-state index >= 15 is 0 Å². The van der Waals surface area contributed by atoms with Gasteiger partial charge < -0.3 is 5.11 Å². The minimum Gasteiger partial charge on any atom is -0.388 e. The zero-order valence-corrected chi connectivity index (χ0v) is 12.2. The summed E-state index contributed by atoms with van der Waals surface area (Å²) in [5.41, 5.74) is -1.25. The van der Waals surface area contributed by atoms with E-state index in [4.69, 9.17) is 0 Å². The number of β-amino-alcohol motifs (C(OH)–C–C–N with tert-alkyl or cyclic N) is 1.